The second-order valence-electron chi connectivity index (χ2n) is 4.53. The summed E-state index contributed by atoms with van der Waals surface area (Å²) in [4.78, 5) is 12.0. The highest BCUT2D eigenvalue weighted by Gasteiger charge is 2.19. The predicted molar refractivity (Wildman–Crippen MR) is 77.1 cm³/mol. The van der Waals surface area contributed by atoms with Crippen molar-refractivity contribution in [1.82, 2.24) is 9.69 Å². The maximum Gasteiger partial charge on any atom is 0.258 e. The van der Waals surface area contributed by atoms with Gasteiger partial charge in [0.25, 0.3) is 5.91 Å². The van der Waals surface area contributed by atoms with E-state index < -0.39 is 0 Å². The standard InChI is InChI=1S/C12H22N4OS/c1-4-5-6-7-14-12-9(10(13)16-18-12)11(17)15-8(2)3/h8,14H,4-7H2,1-3H3,(H2,13,16)(H,15,17). The molecule has 0 bridgehead atoms. The zero-order chi connectivity index (χ0) is 13.5. The summed E-state index contributed by atoms with van der Waals surface area (Å²) in [7, 11) is 0. The van der Waals surface area contributed by atoms with Gasteiger partial charge in [0.2, 0.25) is 0 Å². The summed E-state index contributed by atoms with van der Waals surface area (Å²) in [5, 5.41) is 6.84. The number of nitrogen functional groups attached to an aromatic ring is 1. The van der Waals surface area contributed by atoms with Gasteiger partial charge in [-0.2, -0.15) is 4.37 Å². The van der Waals surface area contributed by atoms with E-state index in [0.717, 1.165) is 18.0 Å². The second kappa shape index (κ2) is 7.20. The quantitative estimate of drug-likeness (QED) is 0.665. The van der Waals surface area contributed by atoms with Crippen molar-refractivity contribution < 1.29 is 4.79 Å². The summed E-state index contributed by atoms with van der Waals surface area (Å²) in [5.74, 6) is 0.144. The van der Waals surface area contributed by atoms with Crippen LogP contribution in [0.2, 0.25) is 0 Å². The molecule has 0 radical (unpaired) electrons. The minimum absolute atomic E-state index is 0.0877. The van der Waals surface area contributed by atoms with Gasteiger partial charge in [-0.25, -0.2) is 0 Å². The molecule has 1 aromatic heterocycles. The third kappa shape index (κ3) is 4.18. The lowest BCUT2D eigenvalue weighted by Gasteiger charge is -2.10. The Morgan fingerprint density at radius 2 is 2.17 bits per heavy atom. The number of carbonyl (C=O) groups excluding carboxylic acids is 1. The number of nitrogens with zero attached hydrogens (tertiary/aromatic N) is 1. The summed E-state index contributed by atoms with van der Waals surface area (Å²) in [6, 6.07) is 0.0877. The van der Waals surface area contributed by atoms with Gasteiger partial charge in [0, 0.05) is 12.6 Å². The molecule has 0 spiro atoms. The number of nitrogens with one attached hydrogen (secondary N) is 2. The van der Waals surface area contributed by atoms with E-state index in [4.69, 9.17) is 5.73 Å². The predicted octanol–water partition coefficient (Wildman–Crippen LogP) is 2.47. The molecule has 0 aromatic carbocycles. The molecule has 4 N–H and O–H groups in total. The van der Waals surface area contributed by atoms with Crippen molar-refractivity contribution in [3.63, 3.8) is 0 Å². The second-order valence-corrected chi connectivity index (χ2v) is 5.31. The van der Waals surface area contributed by atoms with Gasteiger partial charge in [0.1, 0.15) is 10.6 Å². The molecular formula is C12H22N4OS. The molecule has 1 rings (SSSR count). The normalized spacial score (nSPS) is 10.7. The first-order chi connectivity index (χ1) is 8.56. The van der Waals surface area contributed by atoms with E-state index in [-0.39, 0.29) is 11.9 Å². The highest BCUT2D eigenvalue weighted by atomic mass is 32.1. The van der Waals surface area contributed by atoms with Crippen molar-refractivity contribution >= 4 is 28.3 Å². The Balaban J connectivity index is 2.66. The fourth-order valence-electron chi connectivity index (χ4n) is 1.55. The van der Waals surface area contributed by atoms with E-state index in [1.54, 1.807) is 0 Å². The third-order valence-corrected chi connectivity index (χ3v) is 3.25. The van der Waals surface area contributed by atoms with E-state index in [9.17, 15) is 4.79 Å². The number of carbonyl (C=O) groups is 1. The van der Waals surface area contributed by atoms with Gasteiger partial charge in [-0.1, -0.05) is 19.8 Å². The van der Waals surface area contributed by atoms with Crippen molar-refractivity contribution in [2.45, 2.75) is 46.1 Å². The molecule has 0 aliphatic carbocycles. The molecule has 0 saturated heterocycles. The molecule has 18 heavy (non-hydrogen) atoms. The van der Waals surface area contributed by atoms with Gasteiger partial charge in [0.15, 0.2) is 5.82 Å². The molecule has 0 aliphatic rings. The number of amides is 1. The maximum atomic E-state index is 12.0. The van der Waals surface area contributed by atoms with Crippen LogP contribution in [0.15, 0.2) is 0 Å². The number of aromatic nitrogens is 1. The van der Waals surface area contributed by atoms with E-state index in [2.05, 4.69) is 21.9 Å². The zero-order valence-electron chi connectivity index (χ0n) is 11.2. The number of unbranched alkanes of at least 4 members (excludes halogenated alkanes) is 2. The van der Waals surface area contributed by atoms with E-state index in [0.29, 0.717) is 11.4 Å². The molecular weight excluding hydrogens is 248 g/mol. The van der Waals surface area contributed by atoms with Crippen LogP contribution in [0.25, 0.3) is 0 Å². The number of hydrogen-bond donors (Lipinski definition) is 3. The van der Waals surface area contributed by atoms with Crippen molar-refractivity contribution in [2.24, 2.45) is 0 Å². The summed E-state index contributed by atoms with van der Waals surface area (Å²) in [6.45, 7) is 6.84. The summed E-state index contributed by atoms with van der Waals surface area (Å²) >= 11 is 1.24. The van der Waals surface area contributed by atoms with Crippen LogP contribution in [0.4, 0.5) is 10.8 Å². The fraction of sp³-hybridized carbons (Fsp3) is 0.667. The first-order valence-electron chi connectivity index (χ1n) is 6.36. The first kappa shape index (κ1) is 14.8. The molecule has 6 heteroatoms. The SMILES string of the molecule is CCCCCNc1snc(N)c1C(=O)NC(C)C. The average Bonchev–Trinajstić information content (AvgIpc) is 2.65. The Hall–Kier alpha value is -1.30. The van der Waals surface area contributed by atoms with Crippen molar-refractivity contribution in [2.75, 3.05) is 17.6 Å². The van der Waals surface area contributed by atoms with E-state index in [1.807, 2.05) is 13.8 Å². The highest BCUT2D eigenvalue weighted by molar-refractivity contribution is 7.11. The monoisotopic (exact) mass is 270 g/mol. The molecule has 0 atom stereocenters. The molecule has 5 nitrogen and oxygen atoms in total. The summed E-state index contributed by atoms with van der Waals surface area (Å²) < 4.78 is 4.04. The zero-order valence-corrected chi connectivity index (χ0v) is 12.1. The molecule has 0 unspecified atom stereocenters. The Bertz CT molecular complexity index is 389. The first-order valence-corrected chi connectivity index (χ1v) is 7.13. The van der Waals surface area contributed by atoms with Crippen LogP contribution in [0.5, 0.6) is 0 Å². The van der Waals surface area contributed by atoms with Crippen LogP contribution in [0, 0.1) is 0 Å². The van der Waals surface area contributed by atoms with Crippen molar-refractivity contribution in [1.29, 1.82) is 0 Å². The Morgan fingerprint density at radius 1 is 1.44 bits per heavy atom. The number of nitrogens with two attached hydrogens (primary N) is 1. The highest BCUT2D eigenvalue weighted by Crippen LogP contribution is 2.26. The third-order valence-electron chi connectivity index (χ3n) is 2.43. The molecule has 0 fully saturated rings. The van der Waals surface area contributed by atoms with Crippen LogP contribution in [-0.4, -0.2) is 22.9 Å². The Morgan fingerprint density at radius 3 is 2.78 bits per heavy atom. The van der Waals surface area contributed by atoms with Crippen LogP contribution >= 0.6 is 11.5 Å². The average molecular weight is 270 g/mol. The van der Waals surface area contributed by atoms with Crippen molar-refractivity contribution in [3.05, 3.63) is 5.56 Å². The van der Waals surface area contributed by atoms with Gasteiger partial charge in [0.05, 0.1) is 0 Å². The maximum absolute atomic E-state index is 12.0. The minimum Gasteiger partial charge on any atom is -0.382 e. The largest absolute Gasteiger partial charge is 0.382 e. The number of rotatable bonds is 7. The number of hydrogen-bond acceptors (Lipinski definition) is 5. The Labute approximate surface area is 112 Å². The van der Waals surface area contributed by atoms with Crippen LogP contribution in [0.1, 0.15) is 50.4 Å². The van der Waals surface area contributed by atoms with Gasteiger partial charge in [-0.3, -0.25) is 4.79 Å². The molecule has 1 heterocycles. The van der Waals surface area contributed by atoms with Crippen molar-refractivity contribution in [3.8, 4) is 0 Å². The van der Waals surface area contributed by atoms with Crippen LogP contribution < -0.4 is 16.4 Å². The van der Waals surface area contributed by atoms with Gasteiger partial charge >= 0.3 is 0 Å². The van der Waals surface area contributed by atoms with Gasteiger partial charge in [-0.05, 0) is 31.8 Å². The lowest BCUT2D eigenvalue weighted by Crippen LogP contribution is -2.30. The number of anilines is 2. The molecule has 0 aliphatic heterocycles. The van der Waals surface area contributed by atoms with Crippen LogP contribution in [0.3, 0.4) is 0 Å². The minimum atomic E-state index is -0.158. The molecule has 1 aromatic rings. The Kier molecular flexibility index (Phi) is 5.91. The van der Waals surface area contributed by atoms with E-state index >= 15 is 0 Å². The lowest BCUT2D eigenvalue weighted by molar-refractivity contribution is 0.0945. The fourth-order valence-corrected chi connectivity index (χ4v) is 2.29. The lowest BCUT2D eigenvalue weighted by atomic mass is 10.2. The molecule has 102 valence electrons. The molecule has 1 amide bonds. The van der Waals surface area contributed by atoms with Gasteiger partial charge < -0.3 is 16.4 Å². The van der Waals surface area contributed by atoms with E-state index in [1.165, 1.54) is 24.4 Å². The summed E-state index contributed by atoms with van der Waals surface area (Å²) in [6.07, 6.45) is 3.43. The smallest absolute Gasteiger partial charge is 0.258 e. The summed E-state index contributed by atoms with van der Waals surface area (Å²) in [5.41, 5.74) is 6.22. The topological polar surface area (TPSA) is 80.0 Å². The molecule has 0 saturated carbocycles. The van der Waals surface area contributed by atoms with Gasteiger partial charge in [-0.15, -0.1) is 0 Å². The van der Waals surface area contributed by atoms with Crippen LogP contribution in [-0.2, 0) is 0 Å².